The first kappa shape index (κ1) is 25.4. The smallest absolute Gasteiger partial charge is 0.412 e. The van der Waals surface area contributed by atoms with E-state index in [1.165, 1.54) is 19.3 Å². The molecule has 0 bridgehead atoms. The molecule has 1 aromatic rings. The van der Waals surface area contributed by atoms with E-state index in [0.717, 1.165) is 38.5 Å². The van der Waals surface area contributed by atoms with E-state index in [2.05, 4.69) is 24.8 Å². The lowest BCUT2D eigenvalue weighted by Gasteiger charge is -2.26. The summed E-state index contributed by atoms with van der Waals surface area (Å²) in [5, 5.41) is 3.19. The van der Waals surface area contributed by atoms with Crippen LogP contribution in [0, 0.1) is 0 Å². The Labute approximate surface area is 180 Å². The Hall–Kier alpha value is -1.85. The number of oxime groups is 1. The van der Waals surface area contributed by atoms with E-state index in [4.69, 9.17) is 16.4 Å². The highest BCUT2D eigenvalue weighted by Gasteiger charge is 2.66. The molecule has 6 nitrogen and oxygen atoms in total. The van der Waals surface area contributed by atoms with Gasteiger partial charge in [0.1, 0.15) is 0 Å². The molecule has 2 rings (SSSR count). The standard InChI is InChI=1S/C18H23ClF6N4O2/c19-14-26-15(30-17(22,13(20)21)18(23,24)25)28-16(27-14)31-29-12-10-8-6-4-2-1-3-5-7-9-11-12/h13H,1-11H2. The lowest BCUT2D eigenvalue weighted by molar-refractivity contribution is -0.341. The average molecular weight is 477 g/mol. The van der Waals surface area contributed by atoms with Crippen LogP contribution in [0.15, 0.2) is 5.16 Å². The van der Waals surface area contributed by atoms with Crippen molar-refractivity contribution in [1.82, 2.24) is 15.0 Å². The number of rotatable bonds is 5. The molecule has 1 aliphatic rings. The molecule has 1 aromatic heterocycles. The van der Waals surface area contributed by atoms with E-state index in [-0.39, 0.29) is 0 Å². The molecular weight excluding hydrogens is 454 g/mol. The van der Waals surface area contributed by atoms with Crippen LogP contribution in [-0.2, 0) is 0 Å². The number of hydrogen-bond acceptors (Lipinski definition) is 6. The summed E-state index contributed by atoms with van der Waals surface area (Å²) in [5.41, 5.74) is 0.697. The van der Waals surface area contributed by atoms with Gasteiger partial charge < -0.3 is 9.57 Å². The van der Waals surface area contributed by atoms with Crippen LogP contribution in [-0.4, -0.2) is 39.1 Å². The van der Waals surface area contributed by atoms with Gasteiger partial charge in [0, 0.05) is 0 Å². The van der Waals surface area contributed by atoms with E-state index in [1.807, 2.05) is 0 Å². The topological polar surface area (TPSA) is 69.5 Å². The van der Waals surface area contributed by atoms with Gasteiger partial charge in [-0.15, -0.1) is 4.98 Å². The molecular formula is C18H23ClF6N4O2. The van der Waals surface area contributed by atoms with Gasteiger partial charge in [0.05, 0.1) is 5.71 Å². The number of hydrogen-bond donors (Lipinski definition) is 0. The second kappa shape index (κ2) is 11.7. The van der Waals surface area contributed by atoms with Crippen molar-refractivity contribution in [2.24, 2.45) is 5.16 Å². The molecule has 0 saturated heterocycles. The van der Waals surface area contributed by atoms with E-state index in [9.17, 15) is 26.3 Å². The van der Waals surface area contributed by atoms with Gasteiger partial charge in [0.25, 0.3) is 0 Å². The maximum Gasteiger partial charge on any atom is 0.466 e. The number of halogens is 7. The fraction of sp³-hybridized carbons (Fsp3) is 0.778. The van der Waals surface area contributed by atoms with Gasteiger partial charge in [-0.1, -0.05) is 50.1 Å². The predicted molar refractivity (Wildman–Crippen MR) is 100 cm³/mol. The van der Waals surface area contributed by atoms with Crippen LogP contribution in [0.5, 0.6) is 12.0 Å². The Morgan fingerprint density at radius 3 is 1.74 bits per heavy atom. The molecule has 1 aliphatic carbocycles. The Balaban J connectivity index is 2.12. The van der Waals surface area contributed by atoms with Gasteiger partial charge in [-0.25, -0.2) is 8.78 Å². The molecule has 0 radical (unpaired) electrons. The predicted octanol–water partition coefficient (Wildman–Crippen LogP) is 6.44. The third kappa shape index (κ3) is 7.97. The van der Waals surface area contributed by atoms with Crippen LogP contribution < -0.4 is 9.57 Å². The first-order valence-electron chi connectivity index (χ1n) is 9.99. The fourth-order valence-electron chi connectivity index (χ4n) is 2.98. The Morgan fingerprint density at radius 2 is 1.26 bits per heavy atom. The SMILES string of the molecule is FC(F)C(F)(Oc1nc(Cl)nc(ON=C2CCCCCCCCCCC2)n1)C(F)(F)F. The van der Waals surface area contributed by atoms with Gasteiger partial charge >= 0.3 is 30.5 Å². The molecule has 0 aromatic carbocycles. The van der Waals surface area contributed by atoms with Gasteiger partial charge in [0.15, 0.2) is 0 Å². The summed E-state index contributed by atoms with van der Waals surface area (Å²) in [6.07, 6.45) is 0.355. The molecule has 176 valence electrons. The quantitative estimate of drug-likeness (QED) is 0.361. The normalized spacial score (nSPS) is 19.2. The molecule has 0 amide bonds. The molecule has 0 spiro atoms. The summed E-state index contributed by atoms with van der Waals surface area (Å²) in [7, 11) is 0. The van der Waals surface area contributed by atoms with Gasteiger partial charge in [-0.2, -0.15) is 27.5 Å². The minimum absolute atomic E-state index is 0.648. The Morgan fingerprint density at radius 1 is 0.774 bits per heavy atom. The number of alkyl halides is 6. The highest BCUT2D eigenvalue weighted by Crippen LogP contribution is 2.40. The third-order valence-corrected chi connectivity index (χ3v) is 4.83. The Kier molecular flexibility index (Phi) is 9.57. The zero-order valence-corrected chi connectivity index (χ0v) is 17.4. The molecule has 0 N–H and O–H groups in total. The van der Waals surface area contributed by atoms with Crippen molar-refractivity contribution in [2.75, 3.05) is 0 Å². The minimum atomic E-state index is -6.05. The van der Waals surface area contributed by atoms with Gasteiger partial charge in [-0.3, -0.25) is 0 Å². The van der Waals surface area contributed by atoms with Crippen LogP contribution in [0.2, 0.25) is 5.28 Å². The lowest BCUT2D eigenvalue weighted by atomic mass is 10.00. The summed E-state index contributed by atoms with van der Waals surface area (Å²) < 4.78 is 80.9. The zero-order chi connectivity index (χ0) is 22.9. The minimum Gasteiger partial charge on any atom is -0.412 e. The molecule has 1 unspecified atom stereocenters. The third-order valence-electron chi connectivity index (χ3n) is 4.66. The highest BCUT2D eigenvalue weighted by atomic mass is 35.5. The summed E-state index contributed by atoms with van der Waals surface area (Å²) in [6, 6.07) is -2.11. The van der Waals surface area contributed by atoms with Crippen LogP contribution in [0.1, 0.15) is 70.6 Å². The summed E-state index contributed by atoms with van der Waals surface area (Å²) in [4.78, 5) is 14.9. The van der Waals surface area contributed by atoms with Crippen molar-refractivity contribution in [3.8, 4) is 12.0 Å². The van der Waals surface area contributed by atoms with Crippen molar-refractivity contribution in [2.45, 2.75) is 89.1 Å². The zero-order valence-electron chi connectivity index (χ0n) is 16.6. The first-order chi connectivity index (χ1) is 14.6. The van der Waals surface area contributed by atoms with Crippen molar-refractivity contribution in [1.29, 1.82) is 0 Å². The number of ether oxygens (including phenoxy) is 1. The van der Waals surface area contributed by atoms with Crippen molar-refractivity contribution in [3.05, 3.63) is 5.28 Å². The van der Waals surface area contributed by atoms with Crippen LogP contribution in [0.4, 0.5) is 26.3 Å². The van der Waals surface area contributed by atoms with Crippen LogP contribution >= 0.6 is 11.6 Å². The van der Waals surface area contributed by atoms with Crippen LogP contribution in [0.3, 0.4) is 0 Å². The second-order valence-electron chi connectivity index (χ2n) is 7.15. The monoisotopic (exact) mass is 476 g/mol. The summed E-state index contributed by atoms with van der Waals surface area (Å²) in [6.45, 7) is 0. The highest BCUT2D eigenvalue weighted by molar-refractivity contribution is 6.28. The van der Waals surface area contributed by atoms with E-state index >= 15 is 0 Å². The van der Waals surface area contributed by atoms with E-state index < -0.39 is 35.8 Å². The van der Waals surface area contributed by atoms with Gasteiger partial charge in [0.2, 0.25) is 5.28 Å². The Bertz CT molecular complexity index is 723. The average Bonchev–Trinajstić information content (AvgIpc) is 2.66. The lowest BCUT2D eigenvalue weighted by Crippen LogP contribution is -2.52. The maximum absolute atomic E-state index is 13.8. The molecule has 13 heteroatoms. The van der Waals surface area contributed by atoms with Crippen LogP contribution in [0.25, 0.3) is 0 Å². The number of nitrogens with zero attached hydrogens (tertiary/aromatic N) is 4. The van der Waals surface area contributed by atoms with Crippen molar-refractivity contribution >= 4 is 17.3 Å². The van der Waals surface area contributed by atoms with Gasteiger partial charge in [-0.05, 0) is 37.3 Å². The molecule has 1 heterocycles. The largest absolute Gasteiger partial charge is 0.466 e. The van der Waals surface area contributed by atoms with E-state index in [0.29, 0.717) is 18.6 Å². The second-order valence-corrected chi connectivity index (χ2v) is 7.48. The first-order valence-corrected chi connectivity index (χ1v) is 10.4. The molecule has 1 saturated carbocycles. The van der Waals surface area contributed by atoms with E-state index in [1.54, 1.807) is 0 Å². The van der Waals surface area contributed by atoms with Crippen molar-refractivity contribution in [3.63, 3.8) is 0 Å². The van der Waals surface area contributed by atoms with Crippen molar-refractivity contribution < 1.29 is 35.9 Å². The number of aromatic nitrogens is 3. The summed E-state index contributed by atoms with van der Waals surface area (Å²) in [5.74, 6) is -5.33. The maximum atomic E-state index is 13.8. The molecule has 31 heavy (non-hydrogen) atoms. The molecule has 1 atom stereocenters. The summed E-state index contributed by atoms with van der Waals surface area (Å²) >= 11 is 5.55. The molecule has 0 aliphatic heterocycles. The fourth-order valence-corrected chi connectivity index (χ4v) is 3.12. The molecule has 1 fully saturated rings.